The Bertz CT molecular complexity index is 899. The normalized spacial score (nSPS) is 12.6. The van der Waals surface area contributed by atoms with Gasteiger partial charge in [0.2, 0.25) is 0 Å². The molecule has 1 N–H and O–H groups in total. The van der Waals surface area contributed by atoms with Crippen LogP contribution in [0.1, 0.15) is 27.2 Å². The molecular formula is C18H13NO. The maximum Gasteiger partial charge on any atom is 0.196 e. The SMILES string of the molecule is C=Cc1[nH]c2c3c(ccc2c1C)-c1ccccc1C3=O. The first kappa shape index (κ1) is 11.2. The van der Waals surface area contributed by atoms with Crippen LogP contribution in [0.5, 0.6) is 0 Å². The van der Waals surface area contributed by atoms with Gasteiger partial charge in [0, 0.05) is 16.6 Å². The molecule has 20 heavy (non-hydrogen) atoms. The third-order valence-corrected chi connectivity index (χ3v) is 4.17. The second-order valence-corrected chi connectivity index (χ2v) is 5.15. The summed E-state index contributed by atoms with van der Waals surface area (Å²) in [7, 11) is 0. The van der Waals surface area contributed by atoms with Crippen LogP contribution >= 0.6 is 0 Å². The molecule has 2 heteroatoms. The monoisotopic (exact) mass is 259 g/mol. The molecule has 4 rings (SSSR count). The summed E-state index contributed by atoms with van der Waals surface area (Å²) in [5.74, 6) is 0.109. The Labute approximate surface area is 116 Å². The van der Waals surface area contributed by atoms with Crippen molar-refractivity contribution in [1.82, 2.24) is 4.98 Å². The van der Waals surface area contributed by atoms with E-state index in [-0.39, 0.29) is 5.78 Å². The number of aromatic nitrogens is 1. The molecule has 1 aliphatic rings. The molecule has 0 fully saturated rings. The van der Waals surface area contributed by atoms with Crippen molar-refractivity contribution < 1.29 is 4.79 Å². The molecule has 2 aromatic carbocycles. The second kappa shape index (κ2) is 3.70. The van der Waals surface area contributed by atoms with Crippen molar-refractivity contribution in [3.63, 3.8) is 0 Å². The van der Waals surface area contributed by atoms with Gasteiger partial charge in [-0.05, 0) is 29.7 Å². The fourth-order valence-electron chi connectivity index (χ4n) is 3.13. The van der Waals surface area contributed by atoms with Gasteiger partial charge in [-0.3, -0.25) is 4.79 Å². The predicted octanol–water partition coefficient (Wildman–Crippen LogP) is 4.33. The molecule has 0 amide bonds. The van der Waals surface area contributed by atoms with Crippen molar-refractivity contribution >= 4 is 22.8 Å². The molecule has 0 saturated carbocycles. The topological polar surface area (TPSA) is 32.9 Å². The maximum atomic E-state index is 12.7. The van der Waals surface area contributed by atoms with E-state index in [0.29, 0.717) is 0 Å². The lowest BCUT2D eigenvalue weighted by molar-refractivity contribution is 0.104. The summed E-state index contributed by atoms with van der Waals surface area (Å²) in [6.45, 7) is 5.87. The fraction of sp³-hybridized carbons (Fsp3) is 0.0556. The van der Waals surface area contributed by atoms with Crippen molar-refractivity contribution in [2.24, 2.45) is 0 Å². The van der Waals surface area contributed by atoms with Crippen LogP contribution in [0, 0.1) is 6.92 Å². The van der Waals surface area contributed by atoms with Gasteiger partial charge < -0.3 is 4.98 Å². The number of H-pyrrole nitrogens is 1. The Hall–Kier alpha value is -2.61. The highest BCUT2D eigenvalue weighted by Crippen LogP contribution is 2.41. The van der Waals surface area contributed by atoms with E-state index in [9.17, 15) is 4.79 Å². The van der Waals surface area contributed by atoms with Crippen LogP contribution in [-0.4, -0.2) is 10.8 Å². The van der Waals surface area contributed by atoms with Crippen molar-refractivity contribution in [3.05, 3.63) is 65.4 Å². The number of fused-ring (bicyclic) bond motifs is 5. The Morgan fingerprint density at radius 3 is 2.55 bits per heavy atom. The minimum absolute atomic E-state index is 0.109. The standard InChI is InChI=1S/C18H13NO/c1-3-15-10(2)11-8-9-13-12-6-4-5-7-14(12)18(20)16(13)17(11)19-15/h3-9,19H,1H2,2H3. The average molecular weight is 259 g/mol. The zero-order chi connectivity index (χ0) is 13.9. The van der Waals surface area contributed by atoms with Gasteiger partial charge in [0.15, 0.2) is 5.78 Å². The van der Waals surface area contributed by atoms with E-state index in [1.807, 2.05) is 24.3 Å². The van der Waals surface area contributed by atoms with Crippen molar-refractivity contribution in [2.45, 2.75) is 6.92 Å². The van der Waals surface area contributed by atoms with Crippen molar-refractivity contribution in [2.75, 3.05) is 0 Å². The van der Waals surface area contributed by atoms with Gasteiger partial charge in [-0.15, -0.1) is 0 Å². The lowest BCUT2D eigenvalue weighted by atomic mass is 10.0. The minimum atomic E-state index is 0.109. The fourth-order valence-corrected chi connectivity index (χ4v) is 3.13. The quantitative estimate of drug-likeness (QED) is 0.542. The number of hydrogen-bond acceptors (Lipinski definition) is 1. The van der Waals surface area contributed by atoms with Crippen LogP contribution in [0.15, 0.2) is 43.0 Å². The molecule has 2 nitrogen and oxygen atoms in total. The van der Waals surface area contributed by atoms with E-state index in [2.05, 4.69) is 30.6 Å². The van der Waals surface area contributed by atoms with Gasteiger partial charge in [-0.25, -0.2) is 0 Å². The van der Waals surface area contributed by atoms with Gasteiger partial charge in [-0.2, -0.15) is 0 Å². The van der Waals surface area contributed by atoms with Crippen molar-refractivity contribution in [3.8, 4) is 11.1 Å². The van der Waals surface area contributed by atoms with Crippen LogP contribution < -0.4 is 0 Å². The first-order valence-electron chi connectivity index (χ1n) is 6.64. The second-order valence-electron chi connectivity index (χ2n) is 5.15. The number of carbonyl (C=O) groups is 1. The third kappa shape index (κ3) is 1.21. The van der Waals surface area contributed by atoms with E-state index in [1.54, 1.807) is 6.08 Å². The molecule has 0 aliphatic heterocycles. The predicted molar refractivity (Wildman–Crippen MR) is 82.0 cm³/mol. The summed E-state index contributed by atoms with van der Waals surface area (Å²) in [5.41, 5.74) is 6.69. The summed E-state index contributed by atoms with van der Waals surface area (Å²) in [5, 5.41) is 1.10. The molecule has 0 radical (unpaired) electrons. The van der Waals surface area contributed by atoms with Gasteiger partial charge in [0.25, 0.3) is 0 Å². The zero-order valence-corrected chi connectivity index (χ0v) is 11.2. The summed E-state index contributed by atoms with van der Waals surface area (Å²) in [6.07, 6.45) is 1.80. The number of nitrogens with one attached hydrogen (secondary N) is 1. The van der Waals surface area contributed by atoms with E-state index in [0.717, 1.165) is 44.4 Å². The maximum absolute atomic E-state index is 12.7. The van der Waals surface area contributed by atoms with Crippen molar-refractivity contribution in [1.29, 1.82) is 0 Å². The van der Waals surface area contributed by atoms with E-state index < -0.39 is 0 Å². The van der Waals surface area contributed by atoms with E-state index in [1.165, 1.54) is 0 Å². The van der Waals surface area contributed by atoms with Gasteiger partial charge in [0.05, 0.1) is 11.1 Å². The smallest absolute Gasteiger partial charge is 0.196 e. The van der Waals surface area contributed by atoms with Gasteiger partial charge in [-0.1, -0.05) is 43.0 Å². The number of aromatic amines is 1. The lowest BCUT2D eigenvalue weighted by Gasteiger charge is -2.00. The molecular weight excluding hydrogens is 246 g/mol. The molecule has 0 spiro atoms. The highest BCUT2D eigenvalue weighted by atomic mass is 16.1. The average Bonchev–Trinajstić information content (AvgIpc) is 2.96. The number of ketones is 1. The molecule has 1 aliphatic carbocycles. The Balaban J connectivity index is 2.15. The number of benzene rings is 2. The molecule has 0 atom stereocenters. The van der Waals surface area contributed by atoms with Crippen LogP contribution in [-0.2, 0) is 0 Å². The summed E-state index contributed by atoms with van der Waals surface area (Å²) in [6, 6.07) is 11.9. The van der Waals surface area contributed by atoms with Crippen LogP contribution in [0.2, 0.25) is 0 Å². The Morgan fingerprint density at radius 1 is 1.05 bits per heavy atom. The molecule has 0 bridgehead atoms. The number of rotatable bonds is 1. The minimum Gasteiger partial charge on any atom is -0.354 e. The molecule has 96 valence electrons. The van der Waals surface area contributed by atoms with E-state index >= 15 is 0 Å². The highest BCUT2D eigenvalue weighted by molar-refractivity contribution is 6.27. The van der Waals surface area contributed by atoms with Crippen LogP contribution in [0.4, 0.5) is 0 Å². The van der Waals surface area contributed by atoms with E-state index in [4.69, 9.17) is 0 Å². The van der Waals surface area contributed by atoms with Gasteiger partial charge in [0.1, 0.15) is 0 Å². The molecule has 0 saturated heterocycles. The first-order chi connectivity index (χ1) is 9.72. The van der Waals surface area contributed by atoms with Gasteiger partial charge >= 0.3 is 0 Å². The summed E-state index contributed by atoms with van der Waals surface area (Å²) in [4.78, 5) is 16.0. The van der Waals surface area contributed by atoms with Crippen LogP contribution in [0.3, 0.4) is 0 Å². The number of hydrogen-bond donors (Lipinski definition) is 1. The largest absolute Gasteiger partial charge is 0.354 e. The molecule has 1 aromatic heterocycles. The third-order valence-electron chi connectivity index (χ3n) is 4.17. The Morgan fingerprint density at radius 2 is 1.80 bits per heavy atom. The zero-order valence-electron chi connectivity index (χ0n) is 11.2. The summed E-state index contributed by atoms with van der Waals surface area (Å²) >= 11 is 0. The number of aryl methyl sites for hydroxylation is 1. The Kier molecular flexibility index (Phi) is 2.08. The van der Waals surface area contributed by atoms with Crippen LogP contribution in [0.25, 0.3) is 28.1 Å². The molecule has 0 unspecified atom stereocenters. The molecule has 3 aromatic rings. The molecule has 1 heterocycles. The highest BCUT2D eigenvalue weighted by Gasteiger charge is 2.29. The lowest BCUT2D eigenvalue weighted by Crippen LogP contribution is -1.96. The summed E-state index contributed by atoms with van der Waals surface area (Å²) < 4.78 is 0. The first-order valence-corrected chi connectivity index (χ1v) is 6.64. The number of carbonyl (C=O) groups excluding carboxylic acids is 1.